The summed E-state index contributed by atoms with van der Waals surface area (Å²) in [6.07, 6.45) is 8.15. The lowest BCUT2D eigenvalue weighted by atomic mass is 9.81. The molecule has 2 saturated heterocycles. The molecule has 35 heavy (non-hydrogen) atoms. The van der Waals surface area contributed by atoms with E-state index in [0.29, 0.717) is 36.0 Å². The Morgan fingerprint density at radius 3 is 2.69 bits per heavy atom. The van der Waals surface area contributed by atoms with E-state index in [9.17, 15) is 14.4 Å². The molecule has 1 saturated carbocycles. The lowest BCUT2D eigenvalue weighted by molar-refractivity contribution is -0.136. The van der Waals surface area contributed by atoms with Crippen molar-refractivity contribution in [3.05, 3.63) is 28.8 Å². The van der Waals surface area contributed by atoms with Crippen LogP contribution in [0.3, 0.4) is 0 Å². The van der Waals surface area contributed by atoms with Crippen molar-refractivity contribution in [3.8, 4) is 0 Å². The zero-order valence-corrected chi connectivity index (χ0v) is 20.4. The number of carbonyl (C=O) groups excluding carboxylic acids is 3. The minimum absolute atomic E-state index is 0.0209. The van der Waals surface area contributed by atoms with Crippen molar-refractivity contribution in [1.82, 2.24) is 15.5 Å². The molecular formula is C26H34BN3O5. The number of benzene rings is 1. The molecular weight excluding hydrogens is 445 g/mol. The molecule has 1 aliphatic carbocycles. The van der Waals surface area contributed by atoms with Crippen LogP contribution in [-0.2, 0) is 32.0 Å². The van der Waals surface area contributed by atoms with Gasteiger partial charge in [0.2, 0.25) is 11.8 Å². The number of fused-ring (bicyclic) bond motifs is 1. The van der Waals surface area contributed by atoms with Crippen LogP contribution in [0.25, 0.3) is 0 Å². The van der Waals surface area contributed by atoms with Gasteiger partial charge in [-0.3, -0.25) is 19.7 Å². The first-order chi connectivity index (χ1) is 16.9. The first-order valence-corrected chi connectivity index (χ1v) is 12.9. The van der Waals surface area contributed by atoms with Crippen molar-refractivity contribution in [2.75, 3.05) is 13.7 Å². The molecule has 4 aliphatic rings. The van der Waals surface area contributed by atoms with Crippen LogP contribution in [0.5, 0.6) is 0 Å². The van der Waals surface area contributed by atoms with Gasteiger partial charge in [0.15, 0.2) is 0 Å². The average molecular weight is 479 g/mol. The number of nitrogens with one attached hydrogen (secondary N) is 2. The van der Waals surface area contributed by atoms with E-state index >= 15 is 0 Å². The van der Waals surface area contributed by atoms with Crippen LogP contribution in [0.4, 0.5) is 0 Å². The average Bonchev–Trinajstić information content (AvgIpc) is 3.19. The van der Waals surface area contributed by atoms with E-state index in [1.807, 2.05) is 12.1 Å². The topological polar surface area (TPSA) is 97.0 Å². The monoisotopic (exact) mass is 479 g/mol. The van der Waals surface area contributed by atoms with E-state index in [1.54, 1.807) is 12.0 Å². The Morgan fingerprint density at radius 2 is 1.94 bits per heavy atom. The molecule has 0 spiro atoms. The fourth-order valence-electron chi connectivity index (χ4n) is 6.11. The predicted molar refractivity (Wildman–Crippen MR) is 131 cm³/mol. The molecule has 3 heterocycles. The number of carbonyl (C=O) groups is 3. The third kappa shape index (κ3) is 5.04. The zero-order chi connectivity index (χ0) is 24.5. The van der Waals surface area contributed by atoms with Crippen LogP contribution in [-0.4, -0.2) is 74.5 Å². The third-order valence-corrected chi connectivity index (χ3v) is 8.17. The summed E-state index contributed by atoms with van der Waals surface area (Å²) >= 11 is 0. The SMILES string of the molecule is [B]c1c(C[C@H]2OCCCC2NC2CCC(OC)CC2)ccc2c1CN(C1CCC(=O)NC1=O)C2=O. The van der Waals surface area contributed by atoms with E-state index in [4.69, 9.17) is 17.3 Å². The number of hydrogen-bond acceptors (Lipinski definition) is 6. The number of hydrogen-bond donors (Lipinski definition) is 2. The molecule has 2 radical (unpaired) electrons. The van der Waals surface area contributed by atoms with Crippen molar-refractivity contribution in [2.45, 2.75) is 94.7 Å². The van der Waals surface area contributed by atoms with Gasteiger partial charge in [-0.2, -0.15) is 0 Å². The summed E-state index contributed by atoms with van der Waals surface area (Å²) in [6.45, 7) is 1.03. The fourth-order valence-corrected chi connectivity index (χ4v) is 6.11. The lowest BCUT2D eigenvalue weighted by Gasteiger charge is -2.38. The van der Waals surface area contributed by atoms with Crippen LogP contribution < -0.4 is 16.1 Å². The highest BCUT2D eigenvalue weighted by atomic mass is 16.5. The molecule has 5 rings (SSSR count). The zero-order valence-electron chi connectivity index (χ0n) is 20.4. The Kier molecular flexibility index (Phi) is 7.28. The Hall–Kier alpha value is -2.23. The summed E-state index contributed by atoms with van der Waals surface area (Å²) in [5.74, 6) is -0.905. The summed E-state index contributed by atoms with van der Waals surface area (Å²) in [5, 5.41) is 6.20. The minimum atomic E-state index is -0.640. The Bertz CT molecular complexity index is 993. The lowest BCUT2D eigenvalue weighted by Crippen LogP contribution is -2.52. The van der Waals surface area contributed by atoms with E-state index in [-0.39, 0.29) is 36.9 Å². The summed E-state index contributed by atoms with van der Waals surface area (Å²) in [5.41, 5.74) is 2.91. The van der Waals surface area contributed by atoms with Crippen molar-refractivity contribution in [3.63, 3.8) is 0 Å². The fraction of sp³-hybridized carbons (Fsp3) is 0.654. The van der Waals surface area contributed by atoms with Crippen molar-refractivity contribution in [2.24, 2.45) is 0 Å². The van der Waals surface area contributed by atoms with Gasteiger partial charge in [-0.15, -0.1) is 0 Å². The summed E-state index contributed by atoms with van der Waals surface area (Å²) in [4.78, 5) is 38.5. The quantitative estimate of drug-likeness (QED) is 0.465. The maximum absolute atomic E-state index is 13.1. The van der Waals surface area contributed by atoms with E-state index in [1.165, 1.54) is 0 Å². The second kappa shape index (κ2) is 10.4. The van der Waals surface area contributed by atoms with Gasteiger partial charge < -0.3 is 19.7 Å². The Balaban J connectivity index is 1.27. The van der Waals surface area contributed by atoms with Crippen LogP contribution in [0.15, 0.2) is 12.1 Å². The van der Waals surface area contributed by atoms with Gasteiger partial charge in [-0.1, -0.05) is 17.1 Å². The highest BCUT2D eigenvalue weighted by molar-refractivity contribution is 6.35. The second-order valence-corrected chi connectivity index (χ2v) is 10.3. The van der Waals surface area contributed by atoms with E-state index in [2.05, 4.69) is 10.6 Å². The van der Waals surface area contributed by atoms with Crippen molar-refractivity contribution < 1.29 is 23.9 Å². The number of imide groups is 1. The Morgan fingerprint density at radius 1 is 1.14 bits per heavy atom. The van der Waals surface area contributed by atoms with Gasteiger partial charge in [0, 0.05) is 44.3 Å². The van der Waals surface area contributed by atoms with Gasteiger partial charge in [-0.05, 0) is 63.0 Å². The molecule has 2 unspecified atom stereocenters. The van der Waals surface area contributed by atoms with Crippen LogP contribution in [0.2, 0.25) is 0 Å². The highest BCUT2D eigenvalue weighted by Crippen LogP contribution is 2.29. The Labute approximate surface area is 207 Å². The van der Waals surface area contributed by atoms with Gasteiger partial charge in [0.25, 0.3) is 5.91 Å². The molecule has 2 N–H and O–H groups in total. The molecule has 3 fully saturated rings. The molecule has 1 aromatic rings. The summed E-state index contributed by atoms with van der Waals surface area (Å²) < 4.78 is 11.7. The predicted octanol–water partition coefficient (Wildman–Crippen LogP) is 0.879. The molecule has 8 nitrogen and oxygen atoms in total. The maximum atomic E-state index is 13.1. The number of ether oxygens (including phenoxy) is 2. The molecule has 3 atom stereocenters. The molecule has 3 aliphatic heterocycles. The van der Waals surface area contributed by atoms with Crippen LogP contribution in [0.1, 0.15) is 72.9 Å². The van der Waals surface area contributed by atoms with Gasteiger partial charge in [0.05, 0.1) is 12.2 Å². The van der Waals surface area contributed by atoms with Crippen molar-refractivity contribution >= 4 is 31.0 Å². The first-order valence-electron chi connectivity index (χ1n) is 12.9. The van der Waals surface area contributed by atoms with E-state index in [0.717, 1.165) is 56.3 Å². The highest BCUT2D eigenvalue weighted by Gasteiger charge is 2.40. The van der Waals surface area contributed by atoms with Gasteiger partial charge >= 0.3 is 0 Å². The number of rotatable bonds is 6. The molecule has 0 bridgehead atoms. The van der Waals surface area contributed by atoms with Gasteiger partial charge in [0.1, 0.15) is 13.9 Å². The van der Waals surface area contributed by atoms with E-state index < -0.39 is 11.9 Å². The summed E-state index contributed by atoms with van der Waals surface area (Å²) in [6, 6.07) is 3.86. The normalized spacial score (nSPS) is 31.4. The standard InChI is InChI=1S/C26H34BN3O5/c1-34-17-7-5-16(6-8-17)28-20-3-2-12-35-22(20)13-15-4-9-18-19(24(15)27)14-30(26(18)33)21-10-11-23(31)29-25(21)32/h4,9,16-17,20-22,28H,2-3,5-8,10-14H2,1H3,(H,29,31,32)/t16?,17?,20?,21?,22-/m1/s1. The third-order valence-electron chi connectivity index (χ3n) is 8.17. The molecule has 0 aromatic heterocycles. The minimum Gasteiger partial charge on any atom is -0.381 e. The molecule has 9 heteroatoms. The van der Waals surface area contributed by atoms with Crippen molar-refractivity contribution in [1.29, 1.82) is 0 Å². The second-order valence-electron chi connectivity index (χ2n) is 10.3. The molecule has 186 valence electrons. The van der Waals surface area contributed by atoms with Crippen LogP contribution >= 0.6 is 0 Å². The molecule has 3 amide bonds. The maximum Gasteiger partial charge on any atom is 0.255 e. The number of methoxy groups -OCH3 is 1. The largest absolute Gasteiger partial charge is 0.381 e. The number of amides is 3. The van der Waals surface area contributed by atoms with Crippen LogP contribution in [0, 0.1) is 0 Å². The molecule has 1 aromatic carbocycles. The first kappa shape index (κ1) is 24.5. The number of piperidine rings is 1. The van der Waals surface area contributed by atoms with Gasteiger partial charge in [-0.25, -0.2) is 0 Å². The number of nitrogens with zero attached hydrogens (tertiary/aromatic N) is 1. The smallest absolute Gasteiger partial charge is 0.255 e. The summed E-state index contributed by atoms with van der Waals surface area (Å²) in [7, 11) is 8.39.